The van der Waals surface area contributed by atoms with Crippen molar-refractivity contribution in [3.05, 3.63) is 118 Å². The monoisotopic (exact) mass is 577 g/mol. The van der Waals surface area contributed by atoms with Crippen LogP contribution in [0.4, 0.5) is 0 Å². The molecule has 0 aromatic heterocycles. The number of rotatable bonds is 9. The maximum Gasteiger partial charge on any atom is 0.311 e. The van der Waals surface area contributed by atoms with Gasteiger partial charge in [-0.1, -0.05) is 65.7 Å². The van der Waals surface area contributed by atoms with Crippen molar-refractivity contribution in [3.8, 4) is 23.0 Å². The first-order valence-corrected chi connectivity index (χ1v) is 13.4. The van der Waals surface area contributed by atoms with E-state index in [1.54, 1.807) is 60.7 Å². The van der Waals surface area contributed by atoms with Gasteiger partial charge in [0.1, 0.15) is 17.2 Å². The number of benzene rings is 4. The van der Waals surface area contributed by atoms with E-state index in [0.29, 0.717) is 65.1 Å². The summed E-state index contributed by atoms with van der Waals surface area (Å²) in [6.45, 7) is 0.591. The van der Waals surface area contributed by atoms with Crippen molar-refractivity contribution in [2.75, 3.05) is 13.2 Å². The van der Waals surface area contributed by atoms with Gasteiger partial charge in [-0.05, 0) is 60.9 Å². The van der Waals surface area contributed by atoms with Gasteiger partial charge in [0.2, 0.25) is 0 Å². The van der Waals surface area contributed by atoms with Crippen LogP contribution in [0.2, 0.25) is 10.0 Å². The summed E-state index contributed by atoms with van der Waals surface area (Å²) < 4.78 is 11.6. The van der Waals surface area contributed by atoms with E-state index in [2.05, 4.69) is 0 Å². The van der Waals surface area contributed by atoms with Gasteiger partial charge < -0.3 is 19.4 Å². The summed E-state index contributed by atoms with van der Waals surface area (Å²) in [5, 5.41) is 11.4. The molecule has 40 heavy (non-hydrogen) atoms. The number of carbonyl (C=O) groups is 2. The summed E-state index contributed by atoms with van der Waals surface area (Å²) in [4.78, 5) is 31.0. The summed E-state index contributed by atoms with van der Waals surface area (Å²) in [5.41, 5.74) is 1.97. The van der Waals surface area contributed by atoms with E-state index in [1.807, 2.05) is 30.3 Å². The molecule has 0 spiro atoms. The van der Waals surface area contributed by atoms with Crippen LogP contribution in [0, 0.1) is 0 Å². The second-order valence-corrected chi connectivity index (χ2v) is 9.95. The van der Waals surface area contributed by atoms with Crippen LogP contribution in [0.3, 0.4) is 0 Å². The first kappa shape index (κ1) is 27.4. The molecule has 0 saturated carbocycles. The van der Waals surface area contributed by atoms with Gasteiger partial charge in [0.05, 0.1) is 29.1 Å². The van der Waals surface area contributed by atoms with Crippen LogP contribution in [0.1, 0.15) is 33.8 Å². The lowest BCUT2D eigenvalue weighted by atomic mass is 9.93. The van der Waals surface area contributed by atoms with Crippen molar-refractivity contribution in [1.29, 1.82) is 0 Å². The number of carboxylic acid groups (broad SMARTS) is 1. The smallest absolute Gasteiger partial charge is 0.311 e. The Labute approximate surface area is 241 Å². The minimum atomic E-state index is -0.925. The van der Waals surface area contributed by atoms with Gasteiger partial charge >= 0.3 is 5.97 Å². The SMILES string of the molecule is O=C(O)C1CCOc2cc(Oc3ccc(C(=O)N(CCc4ccccc4)Oc4ccccc4Cl)cc3)c(Cl)cc21. The Hall–Kier alpha value is -4.20. The number of carboxylic acids is 1. The Morgan fingerprint density at radius 1 is 0.900 bits per heavy atom. The number of halogens is 2. The lowest BCUT2D eigenvalue weighted by Crippen LogP contribution is -2.36. The van der Waals surface area contributed by atoms with Crippen LogP contribution in [-0.2, 0) is 11.2 Å². The van der Waals surface area contributed by atoms with Crippen molar-refractivity contribution in [1.82, 2.24) is 5.06 Å². The standard InChI is InChI=1S/C31H25Cl2NO6/c32-25-8-4-5-9-27(25)40-34(16-14-20-6-2-1-3-7-20)30(35)21-10-12-22(13-11-21)39-29-19-28-24(18-26(29)33)23(31(36)37)15-17-38-28/h1-13,18-19,23H,14-17H2,(H,36,37). The van der Waals surface area contributed by atoms with Crippen molar-refractivity contribution in [2.45, 2.75) is 18.8 Å². The van der Waals surface area contributed by atoms with Crippen LogP contribution in [0.5, 0.6) is 23.0 Å². The van der Waals surface area contributed by atoms with Gasteiger partial charge in [0.25, 0.3) is 5.91 Å². The van der Waals surface area contributed by atoms with E-state index in [4.69, 9.17) is 37.5 Å². The second kappa shape index (κ2) is 12.3. The molecule has 1 N–H and O–H groups in total. The zero-order valence-electron chi connectivity index (χ0n) is 21.3. The first-order chi connectivity index (χ1) is 19.4. The Morgan fingerprint density at radius 2 is 1.62 bits per heavy atom. The molecule has 9 heteroatoms. The molecule has 1 amide bonds. The fourth-order valence-corrected chi connectivity index (χ4v) is 4.74. The Balaban J connectivity index is 1.33. The minimum Gasteiger partial charge on any atom is -0.493 e. The third-order valence-corrected chi connectivity index (χ3v) is 7.06. The predicted molar refractivity (Wildman–Crippen MR) is 152 cm³/mol. The third kappa shape index (κ3) is 6.33. The first-order valence-electron chi connectivity index (χ1n) is 12.6. The van der Waals surface area contributed by atoms with Crippen LogP contribution in [0.25, 0.3) is 0 Å². The molecule has 0 fully saturated rings. The number of para-hydroxylation sites is 1. The van der Waals surface area contributed by atoms with Gasteiger partial charge in [-0.15, -0.1) is 0 Å². The maximum absolute atomic E-state index is 13.5. The number of hydroxylamine groups is 2. The number of hydrogen-bond donors (Lipinski definition) is 1. The van der Waals surface area contributed by atoms with Gasteiger partial charge in [0, 0.05) is 17.2 Å². The number of ether oxygens (including phenoxy) is 2. The number of aliphatic carboxylic acids is 1. The van der Waals surface area contributed by atoms with Crippen LogP contribution in [0.15, 0.2) is 91.0 Å². The summed E-state index contributed by atoms with van der Waals surface area (Å²) in [6.07, 6.45) is 0.955. The van der Waals surface area contributed by atoms with Crippen LogP contribution >= 0.6 is 23.2 Å². The quantitative estimate of drug-likeness (QED) is 0.208. The number of nitrogens with zero attached hydrogens (tertiary/aromatic N) is 1. The highest BCUT2D eigenvalue weighted by molar-refractivity contribution is 6.32. The Bertz CT molecular complexity index is 1510. The maximum atomic E-state index is 13.5. The summed E-state index contributed by atoms with van der Waals surface area (Å²) in [6, 6.07) is 26.5. The zero-order valence-corrected chi connectivity index (χ0v) is 22.8. The molecule has 0 saturated heterocycles. The van der Waals surface area contributed by atoms with Crippen LogP contribution < -0.4 is 14.3 Å². The molecule has 4 aromatic carbocycles. The topological polar surface area (TPSA) is 85.3 Å². The van der Waals surface area contributed by atoms with Crippen molar-refractivity contribution in [3.63, 3.8) is 0 Å². The molecule has 204 valence electrons. The molecule has 5 rings (SSSR count). The fraction of sp³-hybridized carbons (Fsp3) is 0.161. The number of carbonyl (C=O) groups excluding carboxylic acids is 1. The molecule has 1 unspecified atom stereocenters. The zero-order chi connectivity index (χ0) is 28.1. The Kier molecular flexibility index (Phi) is 8.43. The van der Waals surface area contributed by atoms with Gasteiger partial charge in [-0.25, -0.2) is 0 Å². The second-order valence-electron chi connectivity index (χ2n) is 9.14. The van der Waals surface area contributed by atoms with Gasteiger partial charge in [0.15, 0.2) is 5.75 Å². The average Bonchev–Trinajstić information content (AvgIpc) is 2.97. The molecule has 1 aliphatic heterocycles. The van der Waals surface area contributed by atoms with Gasteiger partial charge in [-0.2, -0.15) is 5.06 Å². The molecule has 0 bridgehead atoms. The van der Waals surface area contributed by atoms with E-state index < -0.39 is 11.9 Å². The third-order valence-electron chi connectivity index (χ3n) is 6.45. The van der Waals surface area contributed by atoms with Gasteiger partial charge in [-0.3, -0.25) is 9.59 Å². The van der Waals surface area contributed by atoms with Crippen molar-refractivity contribution >= 4 is 35.1 Å². The minimum absolute atomic E-state index is 0.260. The molecule has 7 nitrogen and oxygen atoms in total. The molecule has 4 aromatic rings. The summed E-state index contributed by atoms with van der Waals surface area (Å²) in [5.74, 6) is -0.397. The number of fused-ring (bicyclic) bond motifs is 1. The highest BCUT2D eigenvalue weighted by atomic mass is 35.5. The van der Waals surface area contributed by atoms with Crippen LogP contribution in [-0.4, -0.2) is 35.2 Å². The largest absolute Gasteiger partial charge is 0.493 e. The summed E-state index contributed by atoms with van der Waals surface area (Å²) >= 11 is 12.7. The predicted octanol–water partition coefficient (Wildman–Crippen LogP) is 7.42. The molecular formula is C31H25Cl2NO6. The lowest BCUT2D eigenvalue weighted by molar-refractivity contribution is -0.139. The Morgan fingerprint density at radius 3 is 2.35 bits per heavy atom. The van der Waals surface area contributed by atoms with E-state index in [0.717, 1.165) is 5.56 Å². The molecular weight excluding hydrogens is 553 g/mol. The van der Waals surface area contributed by atoms with E-state index in [-0.39, 0.29) is 10.9 Å². The van der Waals surface area contributed by atoms with Crippen molar-refractivity contribution < 1.29 is 29.0 Å². The molecule has 1 atom stereocenters. The average molecular weight is 578 g/mol. The number of amides is 1. The fourth-order valence-electron chi connectivity index (χ4n) is 4.36. The molecule has 1 aliphatic rings. The summed E-state index contributed by atoms with van der Waals surface area (Å²) in [7, 11) is 0. The number of hydrogen-bond acceptors (Lipinski definition) is 5. The highest BCUT2D eigenvalue weighted by Gasteiger charge is 2.29. The molecule has 0 aliphatic carbocycles. The normalized spacial score (nSPS) is 14.0. The van der Waals surface area contributed by atoms with E-state index in [9.17, 15) is 14.7 Å². The highest BCUT2D eigenvalue weighted by Crippen LogP contribution is 2.42. The molecule has 1 heterocycles. The van der Waals surface area contributed by atoms with E-state index >= 15 is 0 Å². The van der Waals surface area contributed by atoms with E-state index in [1.165, 1.54) is 5.06 Å². The van der Waals surface area contributed by atoms with Crippen molar-refractivity contribution in [2.24, 2.45) is 0 Å². The molecule has 0 radical (unpaired) electrons. The lowest BCUT2D eigenvalue weighted by Gasteiger charge is -2.24.